The van der Waals surface area contributed by atoms with E-state index in [4.69, 9.17) is 5.73 Å². The molecule has 3 N–H and O–H groups in total. The van der Waals surface area contributed by atoms with Crippen LogP contribution in [-0.4, -0.2) is 16.8 Å². The van der Waals surface area contributed by atoms with Gasteiger partial charge in [0.2, 0.25) is 0 Å². The molecule has 4 nitrogen and oxygen atoms in total. The van der Waals surface area contributed by atoms with Gasteiger partial charge in [-0.15, -0.1) is 11.3 Å². The largest absolute Gasteiger partial charge is 0.379 e. The van der Waals surface area contributed by atoms with E-state index in [-0.39, 0.29) is 11.4 Å². The van der Waals surface area contributed by atoms with Gasteiger partial charge in [0, 0.05) is 11.4 Å². The van der Waals surface area contributed by atoms with Gasteiger partial charge in [-0.1, -0.05) is 30.0 Å². The molecule has 1 amide bonds. The van der Waals surface area contributed by atoms with Crippen LogP contribution in [-0.2, 0) is 5.54 Å². The number of nitrogens with one attached hydrogen (secondary N) is 1. The predicted octanol–water partition coefficient (Wildman–Crippen LogP) is 3.67. The van der Waals surface area contributed by atoms with Crippen LogP contribution < -0.4 is 11.1 Å². The Bertz CT molecular complexity index is 712. The molecule has 1 aromatic heterocycles. The van der Waals surface area contributed by atoms with Gasteiger partial charge in [0.25, 0.3) is 5.91 Å². The number of amides is 1. The highest BCUT2D eigenvalue weighted by molar-refractivity contribution is 8.13. The SMILES string of the molecule is CC1(c2cccc(NC(=O)c3cccs3)c2)CCSC(N)=N1. The molecule has 1 aromatic carbocycles. The maximum atomic E-state index is 12.1. The molecular formula is C16H17N3OS2. The Morgan fingerprint density at radius 2 is 2.23 bits per heavy atom. The van der Waals surface area contributed by atoms with Crippen molar-refractivity contribution >= 4 is 39.9 Å². The van der Waals surface area contributed by atoms with E-state index in [1.807, 2.05) is 41.8 Å². The Morgan fingerprint density at radius 1 is 1.36 bits per heavy atom. The third-order valence-electron chi connectivity index (χ3n) is 3.68. The second kappa shape index (κ2) is 6.14. The highest BCUT2D eigenvalue weighted by Gasteiger charge is 2.29. The van der Waals surface area contributed by atoms with E-state index in [0.717, 1.165) is 23.4 Å². The maximum Gasteiger partial charge on any atom is 0.265 e. The lowest BCUT2D eigenvalue weighted by Gasteiger charge is -2.30. The van der Waals surface area contributed by atoms with Crippen molar-refractivity contribution in [3.8, 4) is 0 Å². The Labute approximate surface area is 137 Å². The Kier molecular flexibility index (Phi) is 4.22. The second-order valence-corrected chi connectivity index (χ2v) is 7.40. The first-order valence-electron chi connectivity index (χ1n) is 7.00. The summed E-state index contributed by atoms with van der Waals surface area (Å²) in [7, 11) is 0. The van der Waals surface area contributed by atoms with Crippen LogP contribution in [0.2, 0.25) is 0 Å². The first-order chi connectivity index (χ1) is 10.6. The molecule has 0 radical (unpaired) electrons. The quantitative estimate of drug-likeness (QED) is 0.902. The van der Waals surface area contributed by atoms with Crippen molar-refractivity contribution in [2.75, 3.05) is 11.1 Å². The number of carbonyl (C=O) groups is 1. The first kappa shape index (κ1) is 15.1. The van der Waals surface area contributed by atoms with Crippen LogP contribution in [0.1, 0.15) is 28.6 Å². The number of aliphatic imine (C=N–C) groups is 1. The van der Waals surface area contributed by atoms with E-state index < -0.39 is 0 Å². The number of rotatable bonds is 3. The van der Waals surface area contributed by atoms with Crippen molar-refractivity contribution in [2.24, 2.45) is 10.7 Å². The van der Waals surface area contributed by atoms with Gasteiger partial charge in [0.1, 0.15) is 0 Å². The molecule has 114 valence electrons. The van der Waals surface area contributed by atoms with Crippen LogP contribution in [0.25, 0.3) is 0 Å². The Hall–Kier alpha value is -1.79. The van der Waals surface area contributed by atoms with E-state index in [1.54, 1.807) is 11.8 Å². The minimum absolute atomic E-state index is 0.0838. The summed E-state index contributed by atoms with van der Waals surface area (Å²) >= 11 is 3.02. The second-order valence-electron chi connectivity index (χ2n) is 5.33. The molecule has 2 heterocycles. The molecule has 6 heteroatoms. The number of anilines is 1. The monoisotopic (exact) mass is 331 g/mol. The number of nitrogens with two attached hydrogens (primary N) is 1. The first-order valence-corrected chi connectivity index (χ1v) is 8.87. The van der Waals surface area contributed by atoms with Gasteiger partial charge < -0.3 is 11.1 Å². The molecule has 0 aliphatic carbocycles. The van der Waals surface area contributed by atoms with E-state index in [2.05, 4.69) is 17.2 Å². The molecule has 0 spiro atoms. The fourth-order valence-corrected chi connectivity index (χ4v) is 4.02. The minimum atomic E-state index is -0.320. The molecule has 2 aromatic rings. The summed E-state index contributed by atoms with van der Waals surface area (Å²) in [6.45, 7) is 2.08. The Balaban J connectivity index is 1.84. The molecule has 0 bridgehead atoms. The van der Waals surface area contributed by atoms with Crippen molar-refractivity contribution in [1.82, 2.24) is 0 Å². The normalized spacial score (nSPS) is 21.2. The van der Waals surface area contributed by atoms with Gasteiger partial charge in [0.15, 0.2) is 5.17 Å². The summed E-state index contributed by atoms with van der Waals surface area (Å²) in [4.78, 5) is 17.4. The highest BCUT2D eigenvalue weighted by atomic mass is 32.2. The van der Waals surface area contributed by atoms with E-state index in [0.29, 0.717) is 10.0 Å². The van der Waals surface area contributed by atoms with Crippen LogP contribution in [0.4, 0.5) is 5.69 Å². The number of thioether (sulfide) groups is 1. The number of nitrogens with zero attached hydrogens (tertiary/aromatic N) is 1. The van der Waals surface area contributed by atoms with Crippen molar-refractivity contribution < 1.29 is 4.79 Å². The van der Waals surface area contributed by atoms with Crippen molar-refractivity contribution in [2.45, 2.75) is 18.9 Å². The topological polar surface area (TPSA) is 67.5 Å². The third kappa shape index (κ3) is 3.18. The summed E-state index contributed by atoms with van der Waals surface area (Å²) in [6.07, 6.45) is 0.931. The average molecular weight is 331 g/mol. The molecular weight excluding hydrogens is 314 g/mol. The number of hydrogen-bond donors (Lipinski definition) is 2. The number of hydrogen-bond acceptors (Lipinski definition) is 5. The lowest BCUT2D eigenvalue weighted by Crippen LogP contribution is -2.28. The van der Waals surface area contributed by atoms with Gasteiger partial charge in [-0.2, -0.15) is 0 Å². The highest BCUT2D eigenvalue weighted by Crippen LogP contribution is 2.35. The van der Waals surface area contributed by atoms with E-state index >= 15 is 0 Å². The van der Waals surface area contributed by atoms with Crippen molar-refractivity contribution in [1.29, 1.82) is 0 Å². The minimum Gasteiger partial charge on any atom is -0.379 e. The van der Waals surface area contributed by atoms with E-state index in [9.17, 15) is 4.79 Å². The molecule has 1 atom stereocenters. The summed E-state index contributed by atoms with van der Waals surface area (Å²) in [5.41, 5.74) is 7.41. The molecule has 0 saturated carbocycles. The summed E-state index contributed by atoms with van der Waals surface area (Å²) in [5, 5.41) is 5.46. The van der Waals surface area contributed by atoms with Gasteiger partial charge in [-0.05, 0) is 42.5 Å². The Morgan fingerprint density at radius 3 is 2.95 bits per heavy atom. The van der Waals surface area contributed by atoms with Gasteiger partial charge in [0.05, 0.1) is 10.4 Å². The van der Waals surface area contributed by atoms with E-state index in [1.165, 1.54) is 11.3 Å². The zero-order valence-electron chi connectivity index (χ0n) is 12.2. The molecule has 1 unspecified atom stereocenters. The van der Waals surface area contributed by atoms with Gasteiger partial charge in [-0.3, -0.25) is 9.79 Å². The maximum absolute atomic E-state index is 12.1. The predicted molar refractivity (Wildman–Crippen MR) is 94.8 cm³/mol. The van der Waals surface area contributed by atoms with Gasteiger partial charge >= 0.3 is 0 Å². The zero-order valence-corrected chi connectivity index (χ0v) is 13.8. The van der Waals surface area contributed by atoms with Crippen LogP contribution in [0.3, 0.4) is 0 Å². The lowest BCUT2D eigenvalue weighted by molar-refractivity contribution is 0.103. The third-order valence-corrected chi connectivity index (χ3v) is 5.35. The molecule has 22 heavy (non-hydrogen) atoms. The fourth-order valence-electron chi connectivity index (χ4n) is 2.43. The van der Waals surface area contributed by atoms with Crippen LogP contribution in [0, 0.1) is 0 Å². The number of benzene rings is 1. The number of carbonyl (C=O) groups excluding carboxylic acids is 1. The number of amidine groups is 1. The summed E-state index contributed by atoms with van der Waals surface area (Å²) in [5.74, 6) is 0.872. The average Bonchev–Trinajstić information content (AvgIpc) is 3.01. The van der Waals surface area contributed by atoms with Crippen LogP contribution in [0.15, 0.2) is 46.8 Å². The summed E-state index contributed by atoms with van der Waals surface area (Å²) in [6, 6.07) is 11.5. The van der Waals surface area contributed by atoms with Crippen molar-refractivity contribution in [3.63, 3.8) is 0 Å². The fraction of sp³-hybridized carbons (Fsp3) is 0.250. The standard InChI is InChI=1S/C16H17N3OS2/c1-16(7-9-22-15(17)19-16)11-4-2-5-12(10-11)18-14(20)13-6-3-8-21-13/h2-6,8,10H,7,9H2,1H3,(H2,17,19)(H,18,20). The lowest BCUT2D eigenvalue weighted by atomic mass is 9.89. The molecule has 1 aliphatic rings. The molecule has 1 aliphatic heterocycles. The van der Waals surface area contributed by atoms with Gasteiger partial charge in [-0.25, -0.2) is 0 Å². The molecule has 3 rings (SSSR count). The number of thiophene rings is 1. The van der Waals surface area contributed by atoms with Crippen molar-refractivity contribution in [3.05, 3.63) is 52.2 Å². The zero-order chi connectivity index (χ0) is 15.6. The smallest absolute Gasteiger partial charge is 0.265 e. The molecule has 0 fully saturated rings. The van der Waals surface area contributed by atoms with Crippen LogP contribution >= 0.6 is 23.1 Å². The van der Waals surface area contributed by atoms with Crippen LogP contribution in [0.5, 0.6) is 0 Å². The summed E-state index contributed by atoms with van der Waals surface area (Å²) < 4.78 is 0. The molecule has 0 saturated heterocycles.